The second-order valence-corrected chi connectivity index (χ2v) is 11.9. The summed E-state index contributed by atoms with van der Waals surface area (Å²) in [5.74, 6) is -0.618. The van der Waals surface area contributed by atoms with Gasteiger partial charge in [-0.2, -0.15) is 0 Å². The van der Waals surface area contributed by atoms with Crippen LogP contribution in [0.15, 0.2) is 53.2 Å². The molecule has 2 amide bonds. The van der Waals surface area contributed by atoms with Gasteiger partial charge >= 0.3 is 0 Å². The molecule has 2 aromatic rings. The molecule has 3 aliphatic rings. The molecule has 2 aromatic carbocycles. The number of benzene rings is 2. The molecule has 3 heterocycles. The fraction of sp³-hybridized carbons (Fsp3) is 0.417. The Balaban J connectivity index is 1.28. The quantitative estimate of drug-likeness (QED) is 0.639. The fourth-order valence-electron chi connectivity index (χ4n) is 5.11. The Labute approximate surface area is 209 Å². The molecule has 0 radical (unpaired) electrons. The molecule has 0 aromatic heterocycles. The lowest BCUT2D eigenvalue weighted by Gasteiger charge is -2.37. The molecule has 5 rings (SSSR count). The van der Waals surface area contributed by atoms with Crippen LogP contribution in [0.5, 0.6) is 0 Å². The van der Waals surface area contributed by atoms with Gasteiger partial charge in [-0.3, -0.25) is 9.59 Å². The number of hydrogen-bond donors (Lipinski definition) is 1. The number of rotatable bonds is 5. The predicted molar refractivity (Wildman–Crippen MR) is 131 cm³/mol. The number of nitrogens with zero attached hydrogens (tertiary/aromatic N) is 4. The van der Waals surface area contributed by atoms with Crippen LogP contribution >= 0.6 is 11.6 Å². The van der Waals surface area contributed by atoms with Crippen LogP contribution < -0.4 is 0 Å². The zero-order chi connectivity index (χ0) is 24.9. The average Bonchev–Trinajstić information content (AvgIpc) is 3.35. The predicted octanol–water partition coefficient (Wildman–Crippen LogP) is 1.46. The molecule has 0 saturated carbocycles. The van der Waals surface area contributed by atoms with Gasteiger partial charge in [0.25, 0.3) is 5.91 Å². The van der Waals surface area contributed by atoms with E-state index in [2.05, 4.69) is 0 Å². The molecule has 0 spiro atoms. The van der Waals surface area contributed by atoms with Crippen LogP contribution in [0.2, 0.25) is 5.02 Å². The maximum absolute atomic E-state index is 13.3. The Morgan fingerprint density at radius 3 is 2.49 bits per heavy atom. The first kappa shape index (κ1) is 23.9. The molecule has 2 saturated heterocycles. The number of likely N-dealkylation sites (tertiary alicyclic amines) is 1. The highest BCUT2D eigenvalue weighted by atomic mass is 35.5. The van der Waals surface area contributed by atoms with Crippen LogP contribution in [-0.2, 0) is 19.4 Å². The van der Waals surface area contributed by atoms with E-state index in [4.69, 9.17) is 11.6 Å². The number of fused-ring (bicyclic) bond motifs is 2. The molecule has 35 heavy (non-hydrogen) atoms. The molecule has 1 atom stereocenters. The monoisotopic (exact) mass is 518 g/mol. The number of carbonyl (C=O) groups is 2. The van der Waals surface area contributed by atoms with Gasteiger partial charge in [0, 0.05) is 37.4 Å². The lowest BCUT2D eigenvalue weighted by molar-refractivity contribution is -0.134. The summed E-state index contributed by atoms with van der Waals surface area (Å²) in [7, 11) is -2.19. The number of aliphatic hydroxyl groups excluding tert-OH is 1. The number of piperidine rings is 1. The van der Waals surface area contributed by atoms with Gasteiger partial charge in [0.05, 0.1) is 24.8 Å². The minimum absolute atomic E-state index is 0.00692. The Morgan fingerprint density at radius 2 is 1.80 bits per heavy atom. The molecule has 2 fully saturated rings. The Morgan fingerprint density at radius 1 is 1.11 bits per heavy atom. The first-order valence-electron chi connectivity index (χ1n) is 11.5. The van der Waals surface area contributed by atoms with Crippen molar-refractivity contribution in [2.45, 2.75) is 29.0 Å². The second-order valence-electron chi connectivity index (χ2n) is 9.29. The van der Waals surface area contributed by atoms with Crippen molar-refractivity contribution in [1.82, 2.24) is 19.6 Å². The van der Waals surface area contributed by atoms with E-state index in [9.17, 15) is 23.1 Å². The van der Waals surface area contributed by atoms with E-state index < -0.39 is 27.6 Å². The summed E-state index contributed by atoms with van der Waals surface area (Å²) in [6, 6.07) is 9.69. The van der Waals surface area contributed by atoms with E-state index in [1.807, 2.05) is 27.9 Å². The molecule has 186 valence electrons. The summed E-state index contributed by atoms with van der Waals surface area (Å²) in [5, 5.41) is 10.4. The van der Waals surface area contributed by atoms with Crippen molar-refractivity contribution in [3.8, 4) is 0 Å². The third-order valence-electron chi connectivity index (χ3n) is 7.02. The third kappa shape index (κ3) is 4.23. The van der Waals surface area contributed by atoms with Gasteiger partial charge in [-0.05, 0) is 47.9 Å². The van der Waals surface area contributed by atoms with E-state index in [0.29, 0.717) is 55.4 Å². The summed E-state index contributed by atoms with van der Waals surface area (Å²) >= 11 is 6.01. The van der Waals surface area contributed by atoms with Crippen molar-refractivity contribution < 1.29 is 23.1 Å². The van der Waals surface area contributed by atoms with E-state index in [1.165, 1.54) is 17.0 Å². The number of hydrogen-bond acceptors (Lipinski definition) is 7. The standard InChI is InChI=1S/C24H27ClN4O5S/c1-26-12-21-23(31)29(15-28(21)14-26)19-6-8-27(9-7-19)24(32)22(13-30)35(33,34)20-5-3-16-10-18(25)4-2-17(16)11-20/h2-5,10-12,19,22,30H,6-9,13-15H2,1H3. The van der Waals surface area contributed by atoms with Crippen LogP contribution in [0.4, 0.5) is 0 Å². The van der Waals surface area contributed by atoms with Crippen molar-refractivity contribution in [2.75, 3.05) is 40.1 Å². The summed E-state index contributed by atoms with van der Waals surface area (Å²) < 4.78 is 26.6. The molecule has 9 nitrogen and oxygen atoms in total. The summed E-state index contributed by atoms with van der Waals surface area (Å²) in [6.07, 6.45) is 2.96. The zero-order valence-corrected chi connectivity index (χ0v) is 20.9. The smallest absolute Gasteiger partial charge is 0.273 e. The molecule has 3 aliphatic heterocycles. The third-order valence-corrected chi connectivity index (χ3v) is 9.26. The van der Waals surface area contributed by atoms with Crippen LogP contribution in [0.25, 0.3) is 10.8 Å². The van der Waals surface area contributed by atoms with E-state index in [1.54, 1.807) is 24.3 Å². The highest BCUT2D eigenvalue weighted by Gasteiger charge is 2.42. The maximum Gasteiger partial charge on any atom is 0.273 e. The number of carbonyl (C=O) groups excluding carboxylic acids is 2. The number of sulfone groups is 1. The van der Waals surface area contributed by atoms with Crippen LogP contribution in [0.1, 0.15) is 12.8 Å². The SMILES string of the molecule is CN1C=C2C(=O)N(C3CCN(C(=O)C(CO)S(=O)(=O)c4ccc5cc(Cl)ccc5c4)CC3)CN2C1. The minimum Gasteiger partial charge on any atom is -0.394 e. The van der Waals surface area contributed by atoms with Crippen molar-refractivity contribution in [3.63, 3.8) is 0 Å². The lowest BCUT2D eigenvalue weighted by atomic mass is 10.0. The van der Waals surface area contributed by atoms with Gasteiger partial charge in [-0.25, -0.2) is 8.42 Å². The zero-order valence-electron chi connectivity index (χ0n) is 19.3. The molecule has 1 N–H and O–H groups in total. The summed E-state index contributed by atoms with van der Waals surface area (Å²) in [5.41, 5.74) is 0.690. The van der Waals surface area contributed by atoms with Crippen molar-refractivity contribution in [2.24, 2.45) is 0 Å². The van der Waals surface area contributed by atoms with Crippen LogP contribution in [0, 0.1) is 0 Å². The first-order valence-corrected chi connectivity index (χ1v) is 13.4. The van der Waals surface area contributed by atoms with Gasteiger partial charge in [-0.15, -0.1) is 0 Å². The molecule has 0 bridgehead atoms. The average molecular weight is 519 g/mol. The number of amides is 2. The molecule has 0 aliphatic carbocycles. The largest absolute Gasteiger partial charge is 0.394 e. The lowest BCUT2D eigenvalue weighted by Crippen LogP contribution is -2.52. The Hall–Kier alpha value is -2.82. The summed E-state index contributed by atoms with van der Waals surface area (Å²) in [6.45, 7) is 1.05. The summed E-state index contributed by atoms with van der Waals surface area (Å²) in [4.78, 5) is 33.3. The normalized spacial score (nSPS) is 20.0. The number of halogens is 1. The van der Waals surface area contributed by atoms with Gasteiger partial charge in [0.1, 0.15) is 5.70 Å². The van der Waals surface area contributed by atoms with Gasteiger partial charge in [0.2, 0.25) is 5.91 Å². The molecule has 1 unspecified atom stereocenters. The van der Waals surface area contributed by atoms with E-state index >= 15 is 0 Å². The van der Waals surface area contributed by atoms with Gasteiger partial charge in [-0.1, -0.05) is 23.7 Å². The Bertz CT molecular complexity index is 1320. The van der Waals surface area contributed by atoms with Crippen molar-refractivity contribution >= 4 is 44.0 Å². The topological polar surface area (TPSA) is 101 Å². The minimum atomic E-state index is -4.11. The highest BCUT2D eigenvalue weighted by Crippen LogP contribution is 2.30. The maximum atomic E-state index is 13.3. The highest BCUT2D eigenvalue weighted by molar-refractivity contribution is 7.92. The fourth-order valence-corrected chi connectivity index (χ4v) is 6.78. The van der Waals surface area contributed by atoms with Gasteiger partial charge in [0.15, 0.2) is 15.1 Å². The second kappa shape index (κ2) is 9.00. The van der Waals surface area contributed by atoms with Gasteiger partial charge < -0.3 is 24.7 Å². The molecule has 11 heteroatoms. The number of aliphatic hydroxyl groups is 1. The van der Waals surface area contributed by atoms with E-state index in [0.717, 1.165) is 5.39 Å². The Kier molecular flexibility index (Phi) is 6.14. The molecular weight excluding hydrogens is 492 g/mol. The van der Waals surface area contributed by atoms with Crippen LogP contribution in [0.3, 0.4) is 0 Å². The van der Waals surface area contributed by atoms with Crippen molar-refractivity contribution in [1.29, 1.82) is 0 Å². The first-order chi connectivity index (χ1) is 16.7. The molecular formula is C24H27ClN4O5S. The van der Waals surface area contributed by atoms with Crippen LogP contribution in [-0.4, -0.2) is 96.3 Å². The van der Waals surface area contributed by atoms with Crippen molar-refractivity contribution in [3.05, 3.63) is 53.3 Å². The van der Waals surface area contributed by atoms with E-state index in [-0.39, 0.29) is 16.8 Å².